The highest BCUT2D eigenvalue weighted by Crippen LogP contribution is 2.24. The van der Waals surface area contributed by atoms with E-state index in [4.69, 9.17) is 15.1 Å². The van der Waals surface area contributed by atoms with Crippen molar-refractivity contribution in [3.8, 4) is 34.9 Å². The molecular weight excluding hydrogens is 386 g/mol. The maximum absolute atomic E-state index is 12.1. The third-order valence-electron chi connectivity index (χ3n) is 4.20. The third kappa shape index (κ3) is 4.72. The molecule has 2 heterocycles. The van der Waals surface area contributed by atoms with Crippen molar-refractivity contribution in [2.45, 2.75) is 6.10 Å². The summed E-state index contributed by atoms with van der Waals surface area (Å²) in [4.78, 5) is 16.6. The Hall–Kier alpha value is -3.95. The molecule has 0 aliphatic carbocycles. The molecule has 0 saturated heterocycles. The van der Waals surface area contributed by atoms with E-state index in [0.29, 0.717) is 26.9 Å². The van der Waals surface area contributed by atoms with Gasteiger partial charge in [-0.15, -0.1) is 0 Å². The van der Waals surface area contributed by atoms with Crippen molar-refractivity contribution >= 4 is 16.8 Å². The molecule has 0 aliphatic rings. The predicted octanol–water partition coefficient (Wildman–Crippen LogP) is 1.02. The monoisotopic (exact) mass is 403 g/mol. The highest BCUT2D eigenvalue weighted by Gasteiger charge is 2.15. The smallest absolute Gasteiger partial charge is 0.275 e. The first-order chi connectivity index (χ1) is 14.5. The average molecular weight is 403 g/mol. The Labute approximate surface area is 172 Å². The topological polar surface area (TPSA) is 119 Å². The lowest BCUT2D eigenvalue weighted by Crippen LogP contribution is -2.25. The Morgan fingerprint density at radius 1 is 1.30 bits per heavy atom. The minimum absolute atomic E-state index is 0.124. The molecule has 1 aromatic carbocycles. The van der Waals surface area contributed by atoms with E-state index in [0.717, 1.165) is 5.56 Å². The number of hydrogen-bond acceptors (Lipinski definition) is 6. The molecule has 1 unspecified atom stereocenters. The Morgan fingerprint density at radius 2 is 2.07 bits per heavy atom. The number of fused-ring (bicyclic) bond motifs is 1. The van der Waals surface area contributed by atoms with Gasteiger partial charge in [0.25, 0.3) is 5.91 Å². The standard InChI is InChI=1S/C22H17N3O5/c1-30-17(14-26)5-3-2-4-15-6-8-16(9-7-15)21-12-18(22(27)24-28)19-13-25(29)11-10-20(19)23-21/h6-13,17,26,28H,14H2,1H3,(H,24,27). The predicted molar refractivity (Wildman–Crippen MR) is 108 cm³/mol. The molecule has 30 heavy (non-hydrogen) atoms. The number of benzene rings is 1. The second-order valence-electron chi connectivity index (χ2n) is 6.10. The average Bonchev–Trinajstić information content (AvgIpc) is 2.78. The molecule has 1 atom stereocenters. The van der Waals surface area contributed by atoms with E-state index in [1.54, 1.807) is 29.7 Å². The first kappa shape index (κ1) is 20.8. The SMILES string of the molecule is COC(C#CC#Cc1ccc(-c2cc(C(=O)NO)c3c[n+]([O-])ccc3n2)cc1)CO. The summed E-state index contributed by atoms with van der Waals surface area (Å²) in [5, 5.41) is 29.9. The number of aromatic nitrogens is 2. The molecule has 0 aliphatic heterocycles. The number of hydroxylamine groups is 1. The van der Waals surface area contributed by atoms with E-state index in [9.17, 15) is 10.0 Å². The van der Waals surface area contributed by atoms with Crippen molar-refractivity contribution in [1.29, 1.82) is 0 Å². The number of hydrogen-bond donors (Lipinski definition) is 3. The number of rotatable bonds is 4. The Morgan fingerprint density at radius 3 is 2.73 bits per heavy atom. The van der Waals surface area contributed by atoms with E-state index >= 15 is 0 Å². The lowest BCUT2D eigenvalue weighted by molar-refractivity contribution is -0.603. The van der Waals surface area contributed by atoms with Crippen LogP contribution in [0.2, 0.25) is 0 Å². The zero-order chi connectivity index (χ0) is 21.5. The van der Waals surface area contributed by atoms with Gasteiger partial charge < -0.3 is 15.1 Å². The fourth-order valence-electron chi connectivity index (χ4n) is 2.67. The molecule has 0 fully saturated rings. The summed E-state index contributed by atoms with van der Waals surface area (Å²) in [5.74, 6) is 10.1. The van der Waals surface area contributed by atoms with E-state index in [1.165, 1.54) is 31.6 Å². The Kier molecular flexibility index (Phi) is 6.58. The highest BCUT2D eigenvalue weighted by molar-refractivity contribution is 6.06. The number of carbonyl (C=O) groups is 1. The maximum Gasteiger partial charge on any atom is 0.275 e. The van der Waals surface area contributed by atoms with E-state index in [2.05, 4.69) is 28.7 Å². The van der Waals surface area contributed by atoms with Gasteiger partial charge in [-0.3, -0.25) is 10.0 Å². The quantitative estimate of drug-likeness (QED) is 0.197. The maximum atomic E-state index is 12.1. The van der Waals surface area contributed by atoms with Crippen LogP contribution >= 0.6 is 0 Å². The van der Waals surface area contributed by atoms with Gasteiger partial charge in [0, 0.05) is 24.3 Å². The number of aliphatic hydroxyl groups is 1. The fraction of sp³-hybridized carbons (Fsp3) is 0.136. The number of aliphatic hydroxyl groups excluding tert-OH is 1. The Balaban J connectivity index is 1.93. The minimum atomic E-state index is -0.742. The van der Waals surface area contributed by atoms with Crippen LogP contribution in [0.4, 0.5) is 0 Å². The molecule has 0 spiro atoms. The summed E-state index contributed by atoms with van der Waals surface area (Å²) in [5.41, 5.74) is 4.09. The van der Waals surface area contributed by atoms with Gasteiger partial charge in [-0.1, -0.05) is 24.0 Å². The van der Waals surface area contributed by atoms with Crippen molar-refractivity contribution in [2.24, 2.45) is 0 Å². The molecule has 2 aromatic heterocycles. The summed E-state index contributed by atoms with van der Waals surface area (Å²) in [6.07, 6.45) is 1.94. The second kappa shape index (κ2) is 9.50. The summed E-state index contributed by atoms with van der Waals surface area (Å²) in [7, 11) is 1.45. The van der Waals surface area contributed by atoms with Gasteiger partial charge in [0.1, 0.15) is 6.10 Å². The van der Waals surface area contributed by atoms with Gasteiger partial charge in [0.05, 0.1) is 28.8 Å². The minimum Gasteiger partial charge on any atom is -0.619 e. The van der Waals surface area contributed by atoms with E-state index in [-0.39, 0.29) is 12.2 Å². The second-order valence-corrected chi connectivity index (χ2v) is 6.10. The first-order valence-corrected chi connectivity index (χ1v) is 8.79. The van der Waals surface area contributed by atoms with Crippen LogP contribution in [-0.2, 0) is 4.74 Å². The van der Waals surface area contributed by atoms with Crippen molar-refractivity contribution in [2.75, 3.05) is 13.7 Å². The van der Waals surface area contributed by atoms with Crippen LogP contribution in [0.3, 0.4) is 0 Å². The first-order valence-electron chi connectivity index (χ1n) is 8.79. The summed E-state index contributed by atoms with van der Waals surface area (Å²) < 4.78 is 5.49. The molecular formula is C22H17N3O5. The van der Waals surface area contributed by atoms with Crippen LogP contribution in [0.25, 0.3) is 22.2 Å². The van der Waals surface area contributed by atoms with Gasteiger partial charge in [-0.25, -0.2) is 10.5 Å². The molecule has 8 heteroatoms. The molecule has 8 nitrogen and oxygen atoms in total. The van der Waals surface area contributed by atoms with Crippen LogP contribution in [0.15, 0.2) is 48.8 Å². The van der Waals surface area contributed by atoms with Gasteiger partial charge >= 0.3 is 0 Å². The highest BCUT2D eigenvalue weighted by atomic mass is 16.5. The molecule has 3 rings (SSSR count). The molecule has 150 valence electrons. The van der Waals surface area contributed by atoms with Crippen LogP contribution in [0.5, 0.6) is 0 Å². The molecule has 0 radical (unpaired) electrons. The molecule has 0 saturated carbocycles. The van der Waals surface area contributed by atoms with Gasteiger partial charge in [-0.2, -0.15) is 4.73 Å². The number of nitrogens with zero attached hydrogens (tertiary/aromatic N) is 2. The van der Waals surface area contributed by atoms with E-state index < -0.39 is 12.0 Å². The Bertz CT molecular complexity index is 1200. The lowest BCUT2D eigenvalue weighted by atomic mass is 10.0. The molecule has 0 bridgehead atoms. The number of carbonyl (C=O) groups excluding carboxylic acids is 1. The van der Waals surface area contributed by atoms with Crippen LogP contribution in [0.1, 0.15) is 15.9 Å². The van der Waals surface area contributed by atoms with Crippen LogP contribution < -0.4 is 10.2 Å². The van der Waals surface area contributed by atoms with Gasteiger partial charge in [0.15, 0.2) is 12.4 Å². The normalized spacial score (nSPS) is 11.0. The third-order valence-corrected chi connectivity index (χ3v) is 4.20. The fourth-order valence-corrected chi connectivity index (χ4v) is 2.67. The van der Waals surface area contributed by atoms with Crippen molar-refractivity contribution in [3.05, 3.63) is 65.1 Å². The van der Waals surface area contributed by atoms with E-state index in [1.807, 2.05) is 0 Å². The summed E-state index contributed by atoms with van der Waals surface area (Å²) in [6.45, 7) is -0.205. The van der Waals surface area contributed by atoms with Crippen LogP contribution in [-0.4, -0.2) is 41.0 Å². The van der Waals surface area contributed by atoms with Crippen molar-refractivity contribution < 1.29 is 24.6 Å². The number of ether oxygens (including phenoxy) is 1. The van der Waals surface area contributed by atoms with Crippen molar-refractivity contribution in [3.63, 3.8) is 0 Å². The summed E-state index contributed by atoms with van der Waals surface area (Å²) in [6, 6.07) is 10.1. The molecule has 3 aromatic rings. The van der Waals surface area contributed by atoms with Crippen molar-refractivity contribution in [1.82, 2.24) is 10.5 Å². The largest absolute Gasteiger partial charge is 0.619 e. The van der Waals surface area contributed by atoms with Crippen LogP contribution in [0, 0.1) is 28.9 Å². The number of methoxy groups -OCH3 is 1. The number of pyridine rings is 2. The number of amides is 1. The van der Waals surface area contributed by atoms with Gasteiger partial charge in [0.2, 0.25) is 0 Å². The lowest BCUT2D eigenvalue weighted by Gasteiger charge is -2.08. The summed E-state index contributed by atoms with van der Waals surface area (Å²) >= 11 is 0. The molecule has 3 N–H and O–H groups in total. The zero-order valence-electron chi connectivity index (χ0n) is 15.9. The number of nitrogens with one attached hydrogen (secondary N) is 1. The van der Waals surface area contributed by atoms with Gasteiger partial charge in [-0.05, 0) is 30.0 Å². The zero-order valence-corrected chi connectivity index (χ0v) is 15.9. The molecule has 1 amide bonds.